The van der Waals surface area contributed by atoms with Crippen molar-refractivity contribution in [1.82, 2.24) is 9.78 Å². The summed E-state index contributed by atoms with van der Waals surface area (Å²) in [7, 11) is 0. The highest BCUT2D eigenvalue weighted by Crippen LogP contribution is 2.38. The molecule has 1 saturated carbocycles. The van der Waals surface area contributed by atoms with E-state index in [4.69, 9.17) is 9.47 Å². The number of carbonyl (C=O) groups is 1. The molecule has 114 valence electrons. The maximum Gasteiger partial charge on any atom is 0.259 e. The topological polar surface area (TPSA) is 85.6 Å². The average molecular weight is 301 g/mol. The predicted molar refractivity (Wildman–Crippen MR) is 77.3 cm³/mol. The number of nitrogens with one attached hydrogen (secondary N) is 1. The molecule has 2 aromatic rings. The highest BCUT2D eigenvalue weighted by atomic mass is 16.7. The second-order valence-electron chi connectivity index (χ2n) is 5.47. The molecule has 0 saturated heterocycles. The van der Waals surface area contributed by atoms with Gasteiger partial charge in [-0.25, -0.2) is 0 Å². The number of phenols is 1. The van der Waals surface area contributed by atoms with Gasteiger partial charge in [0.1, 0.15) is 5.75 Å². The van der Waals surface area contributed by atoms with Gasteiger partial charge in [-0.05, 0) is 19.3 Å². The van der Waals surface area contributed by atoms with Crippen molar-refractivity contribution < 1.29 is 19.4 Å². The number of amides is 1. The van der Waals surface area contributed by atoms with Crippen molar-refractivity contribution in [3.05, 3.63) is 30.1 Å². The molecule has 2 heterocycles. The molecule has 22 heavy (non-hydrogen) atoms. The zero-order valence-electron chi connectivity index (χ0n) is 11.8. The molecule has 1 aliphatic heterocycles. The molecule has 2 N–H and O–H groups in total. The van der Waals surface area contributed by atoms with Crippen molar-refractivity contribution in [2.24, 2.45) is 0 Å². The smallest absolute Gasteiger partial charge is 0.259 e. The standard InChI is InChI=1S/C15H15N3O4/c19-12-5-14-13(21-8-22-14)4-11(12)15(20)17-9-6-16-18(7-9)10-2-1-3-10/h4-7,10,19H,1-3,8H2,(H,17,20). The van der Waals surface area contributed by atoms with Crippen LogP contribution in [0.4, 0.5) is 5.69 Å². The van der Waals surface area contributed by atoms with Crippen molar-refractivity contribution in [3.63, 3.8) is 0 Å². The monoisotopic (exact) mass is 301 g/mol. The molecular formula is C15H15N3O4. The van der Waals surface area contributed by atoms with Crippen molar-refractivity contribution >= 4 is 11.6 Å². The van der Waals surface area contributed by atoms with Crippen molar-refractivity contribution in [2.75, 3.05) is 12.1 Å². The van der Waals surface area contributed by atoms with Crippen LogP contribution in [-0.4, -0.2) is 27.6 Å². The first-order chi connectivity index (χ1) is 10.7. The Hall–Kier alpha value is -2.70. The molecule has 4 rings (SSSR count). The Labute approximate surface area is 126 Å². The summed E-state index contributed by atoms with van der Waals surface area (Å²) in [5.74, 6) is 0.331. The summed E-state index contributed by atoms with van der Waals surface area (Å²) < 4.78 is 12.2. The molecule has 0 atom stereocenters. The number of hydrogen-bond acceptors (Lipinski definition) is 5. The van der Waals surface area contributed by atoms with Gasteiger partial charge >= 0.3 is 0 Å². The number of nitrogens with zero attached hydrogens (tertiary/aromatic N) is 2. The second-order valence-corrected chi connectivity index (χ2v) is 5.47. The summed E-state index contributed by atoms with van der Waals surface area (Å²) in [5, 5.41) is 16.9. The summed E-state index contributed by atoms with van der Waals surface area (Å²) in [4.78, 5) is 12.3. The van der Waals surface area contributed by atoms with Gasteiger partial charge in [0.2, 0.25) is 6.79 Å². The zero-order chi connectivity index (χ0) is 15.1. The number of phenolic OH excluding ortho intramolecular Hbond substituents is 1. The van der Waals surface area contributed by atoms with E-state index >= 15 is 0 Å². The number of rotatable bonds is 3. The van der Waals surface area contributed by atoms with Crippen molar-refractivity contribution in [2.45, 2.75) is 25.3 Å². The van der Waals surface area contributed by atoms with Gasteiger partial charge < -0.3 is 19.9 Å². The second kappa shape index (κ2) is 4.94. The molecule has 1 aliphatic carbocycles. The number of aromatic nitrogens is 2. The molecule has 2 aliphatic rings. The maximum atomic E-state index is 12.3. The van der Waals surface area contributed by atoms with E-state index in [9.17, 15) is 9.90 Å². The molecule has 0 spiro atoms. The van der Waals surface area contributed by atoms with E-state index in [0.29, 0.717) is 23.2 Å². The van der Waals surface area contributed by atoms with Gasteiger partial charge in [-0.1, -0.05) is 0 Å². The Bertz CT molecular complexity index is 736. The molecule has 1 aromatic heterocycles. The van der Waals surface area contributed by atoms with Crippen LogP contribution in [0.25, 0.3) is 0 Å². The van der Waals surface area contributed by atoms with E-state index in [1.165, 1.54) is 18.6 Å². The Balaban J connectivity index is 1.53. The SMILES string of the molecule is O=C(Nc1cnn(C2CCC2)c1)c1cc2c(cc1O)OCO2. The summed E-state index contributed by atoms with van der Waals surface area (Å²) in [5.41, 5.74) is 0.745. The summed E-state index contributed by atoms with van der Waals surface area (Å²) in [6.45, 7) is 0.0913. The third-order valence-electron chi connectivity index (χ3n) is 4.04. The molecule has 1 aromatic carbocycles. The number of aromatic hydroxyl groups is 1. The van der Waals surface area contributed by atoms with Gasteiger partial charge in [-0.15, -0.1) is 0 Å². The Morgan fingerprint density at radius 3 is 2.82 bits per heavy atom. The summed E-state index contributed by atoms with van der Waals surface area (Å²) in [6.07, 6.45) is 6.89. The van der Waals surface area contributed by atoms with Crippen LogP contribution in [0.3, 0.4) is 0 Å². The predicted octanol–water partition coefficient (Wildman–Crippen LogP) is 2.29. The van der Waals surface area contributed by atoms with Gasteiger partial charge in [-0.3, -0.25) is 9.48 Å². The number of ether oxygens (including phenoxy) is 2. The zero-order valence-corrected chi connectivity index (χ0v) is 11.8. The van der Waals surface area contributed by atoms with Gasteiger partial charge in [0.25, 0.3) is 5.91 Å². The summed E-state index contributed by atoms with van der Waals surface area (Å²) >= 11 is 0. The van der Waals surface area contributed by atoms with E-state index in [-0.39, 0.29) is 18.1 Å². The molecule has 1 amide bonds. The van der Waals surface area contributed by atoms with Gasteiger partial charge in [0.05, 0.1) is 23.5 Å². The molecule has 7 heteroatoms. The summed E-state index contributed by atoms with van der Waals surface area (Å²) in [6, 6.07) is 3.29. The molecular weight excluding hydrogens is 286 g/mol. The number of carbonyl (C=O) groups excluding carboxylic acids is 1. The Morgan fingerprint density at radius 1 is 1.32 bits per heavy atom. The number of hydrogen-bond donors (Lipinski definition) is 2. The van der Waals surface area contributed by atoms with Crippen LogP contribution in [0.1, 0.15) is 35.7 Å². The normalized spacial score (nSPS) is 16.4. The first-order valence-electron chi connectivity index (χ1n) is 7.19. The van der Waals surface area contributed by atoms with Gasteiger partial charge in [0.15, 0.2) is 11.5 Å². The lowest BCUT2D eigenvalue weighted by molar-refractivity contribution is 0.102. The third-order valence-corrected chi connectivity index (χ3v) is 4.04. The van der Waals surface area contributed by atoms with Crippen LogP contribution in [-0.2, 0) is 0 Å². The fourth-order valence-corrected chi connectivity index (χ4v) is 2.57. The van der Waals surface area contributed by atoms with E-state index in [2.05, 4.69) is 10.4 Å². The lowest BCUT2D eigenvalue weighted by Gasteiger charge is -2.25. The molecule has 0 bridgehead atoms. The van der Waals surface area contributed by atoms with E-state index in [1.54, 1.807) is 6.20 Å². The van der Waals surface area contributed by atoms with Gasteiger partial charge in [0, 0.05) is 18.3 Å². The number of anilines is 1. The fourth-order valence-electron chi connectivity index (χ4n) is 2.57. The van der Waals surface area contributed by atoms with E-state index in [1.807, 2.05) is 10.9 Å². The maximum absolute atomic E-state index is 12.3. The van der Waals surface area contributed by atoms with Crippen LogP contribution in [0.2, 0.25) is 0 Å². The highest BCUT2D eigenvalue weighted by Gasteiger charge is 2.22. The lowest BCUT2D eigenvalue weighted by Crippen LogP contribution is -2.17. The molecule has 1 fully saturated rings. The molecule has 0 radical (unpaired) electrons. The lowest BCUT2D eigenvalue weighted by atomic mass is 9.93. The highest BCUT2D eigenvalue weighted by molar-refractivity contribution is 6.06. The van der Waals surface area contributed by atoms with Crippen LogP contribution in [0.15, 0.2) is 24.5 Å². The van der Waals surface area contributed by atoms with Crippen LogP contribution >= 0.6 is 0 Å². The minimum atomic E-state index is -0.413. The average Bonchev–Trinajstić information content (AvgIpc) is 3.04. The van der Waals surface area contributed by atoms with E-state index < -0.39 is 5.91 Å². The van der Waals surface area contributed by atoms with E-state index in [0.717, 1.165) is 12.8 Å². The van der Waals surface area contributed by atoms with Crippen LogP contribution in [0, 0.1) is 0 Å². The minimum absolute atomic E-state index is 0.0913. The van der Waals surface area contributed by atoms with Crippen LogP contribution in [0.5, 0.6) is 17.2 Å². The quantitative estimate of drug-likeness (QED) is 0.908. The number of benzene rings is 1. The Kier molecular flexibility index (Phi) is 2.92. The van der Waals surface area contributed by atoms with Gasteiger partial charge in [-0.2, -0.15) is 5.10 Å². The first-order valence-corrected chi connectivity index (χ1v) is 7.19. The molecule has 0 unspecified atom stereocenters. The van der Waals surface area contributed by atoms with Crippen LogP contribution < -0.4 is 14.8 Å². The van der Waals surface area contributed by atoms with Crippen molar-refractivity contribution in [1.29, 1.82) is 0 Å². The number of fused-ring (bicyclic) bond motifs is 1. The Morgan fingerprint density at radius 2 is 2.09 bits per heavy atom. The minimum Gasteiger partial charge on any atom is -0.507 e. The third kappa shape index (κ3) is 2.14. The fraction of sp³-hybridized carbons (Fsp3) is 0.333. The molecule has 7 nitrogen and oxygen atoms in total. The van der Waals surface area contributed by atoms with Crippen molar-refractivity contribution in [3.8, 4) is 17.2 Å². The largest absolute Gasteiger partial charge is 0.507 e. The first kappa shape index (κ1) is 13.0.